The predicted molar refractivity (Wildman–Crippen MR) is 91.7 cm³/mol. The van der Waals surface area contributed by atoms with E-state index in [9.17, 15) is 9.90 Å². The summed E-state index contributed by atoms with van der Waals surface area (Å²) in [6, 6.07) is 7.51. The molecule has 0 fully saturated rings. The van der Waals surface area contributed by atoms with Gasteiger partial charge in [0.05, 0.1) is 12.7 Å². The van der Waals surface area contributed by atoms with Crippen LogP contribution >= 0.6 is 11.8 Å². The Balaban J connectivity index is 2.22. The average molecular weight is 326 g/mol. The van der Waals surface area contributed by atoms with Gasteiger partial charge in [0.2, 0.25) is 0 Å². The summed E-state index contributed by atoms with van der Waals surface area (Å²) in [6.45, 7) is 2.54. The second-order valence-electron chi connectivity index (χ2n) is 5.45. The van der Waals surface area contributed by atoms with Gasteiger partial charge in [-0.15, -0.1) is 0 Å². The van der Waals surface area contributed by atoms with Crippen LogP contribution in [0.5, 0.6) is 5.75 Å². The van der Waals surface area contributed by atoms with Crippen LogP contribution in [0.3, 0.4) is 0 Å². The molecule has 0 saturated carbocycles. The van der Waals surface area contributed by atoms with Crippen molar-refractivity contribution in [1.82, 2.24) is 10.6 Å². The van der Waals surface area contributed by atoms with Crippen molar-refractivity contribution in [3.05, 3.63) is 29.8 Å². The molecule has 1 aromatic rings. The van der Waals surface area contributed by atoms with Crippen LogP contribution in [0.25, 0.3) is 0 Å². The normalized spacial score (nSPS) is 13.3. The fourth-order valence-electron chi connectivity index (χ4n) is 1.86. The van der Waals surface area contributed by atoms with E-state index in [4.69, 9.17) is 4.74 Å². The molecule has 0 heterocycles. The summed E-state index contributed by atoms with van der Waals surface area (Å²) in [6.07, 6.45) is 3.40. The van der Waals surface area contributed by atoms with Gasteiger partial charge in [0.1, 0.15) is 5.75 Å². The lowest BCUT2D eigenvalue weighted by atomic mass is 10.0. The van der Waals surface area contributed by atoms with Gasteiger partial charge < -0.3 is 20.5 Å². The second-order valence-corrected chi connectivity index (χ2v) is 6.43. The van der Waals surface area contributed by atoms with Crippen molar-refractivity contribution in [3.8, 4) is 5.75 Å². The minimum atomic E-state index is -0.865. The molecule has 1 rings (SSSR count). The molecule has 6 heteroatoms. The van der Waals surface area contributed by atoms with E-state index in [0.717, 1.165) is 23.5 Å². The third-order valence-electron chi connectivity index (χ3n) is 3.33. The van der Waals surface area contributed by atoms with E-state index in [1.165, 1.54) is 0 Å². The van der Waals surface area contributed by atoms with Crippen LogP contribution in [0.15, 0.2) is 24.3 Å². The van der Waals surface area contributed by atoms with Gasteiger partial charge in [0, 0.05) is 13.1 Å². The van der Waals surface area contributed by atoms with Crippen molar-refractivity contribution in [1.29, 1.82) is 0 Å². The Morgan fingerprint density at radius 3 is 2.59 bits per heavy atom. The van der Waals surface area contributed by atoms with Crippen molar-refractivity contribution in [3.63, 3.8) is 0 Å². The molecule has 0 aliphatic heterocycles. The summed E-state index contributed by atoms with van der Waals surface area (Å²) >= 11 is 1.68. The number of urea groups is 1. The molecule has 5 nitrogen and oxygen atoms in total. The number of benzene rings is 1. The van der Waals surface area contributed by atoms with Gasteiger partial charge >= 0.3 is 6.03 Å². The first-order valence-corrected chi connectivity index (χ1v) is 8.72. The summed E-state index contributed by atoms with van der Waals surface area (Å²) in [4.78, 5) is 11.7. The highest BCUT2D eigenvalue weighted by atomic mass is 32.2. The highest BCUT2D eigenvalue weighted by molar-refractivity contribution is 7.98. The van der Waals surface area contributed by atoms with E-state index in [-0.39, 0.29) is 12.6 Å². The number of carbonyl (C=O) groups is 1. The molecular weight excluding hydrogens is 300 g/mol. The highest BCUT2D eigenvalue weighted by Gasteiger charge is 2.20. The maximum absolute atomic E-state index is 11.7. The molecule has 1 atom stereocenters. The van der Waals surface area contributed by atoms with E-state index in [1.807, 2.05) is 30.5 Å². The molecule has 22 heavy (non-hydrogen) atoms. The number of nitrogens with one attached hydrogen (secondary N) is 2. The molecule has 0 aliphatic carbocycles. The monoisotopic (exact) mass is 326 g/mol. The van der Waals surface area contributed by atoms with Gasteiger partial charge in [-0.2, -0.15) is 11.8 Å². The number of ether oxygens (including phenoxy) is 1. The number of thioether (sulfide) groups is 1. The molecule has 1 aromatic carbocycles. The summed E-state index contributed by atoms with van der Waals surface area (Å²) in [7, 11) is 1.63. The van der Waals surface area contributed by atoms with Crippen molar-refractivity contribution in [2.75, 3.05) is 32.2 Å². The number of aliphatic hydroxyl groups is 1. The summed E-state index contributed by atoms with van der Waals surface area (Å²) in [5, 5.41) is 15.6. The van der Waals surface area contributed by atoms with Crippen LogP contribution in [0.1, 0.15) is 18.9 Å². The summed E-state index contributed by atoms with van der Waals surface area (Å²) in [5.74, 6) is 1.69. The number of rotatable bonds is 9. The van der Waals surface area contributed by atoms with Crippen LogP contribution < -0.4 is 15.4 Å². The lowest BCUT2D eigenvalue weighted by molar-refractivity contribution is 0.0594. The fourth-order valence-corrected chi connectivity index (χ4v) is 2.50. The Labute approximate surface area is 136 Å². The molecule has 0 bridgehead atoms. The van der Waals surface area contributed by atoms with Gasteiger partial charge in [-0.3, -0.25) is 0 Å². The summed E-state index contributed by atoms with van der Waals surface area (Å²) in [5.41, 5.74) is 0.268. The molecule has 2 amide bonds. The van der Waals surface area contributed by atoms with Gasteiger partial charge in [0.25, 0.3) is 0 Å². The van der Waals surface area contributed by atoms with E-state index < -0.39 is 5.60 Å². The van der Waals surface area contributed by atoms with Crippen LogP contribution in [0.4, 0.5) is 4.79 Å². The molecular formula is C16H26N2O3S. The molecule has 124 valence electrons. The molecule has 3 N–H and O–H groups in total. The van der Waals surface area contributed by atoms with Gasteiger partial charge in [-0.1, -0.05) is 12.1 Å². The van der Waals surface area contributed by atoms with E-state index in [2.05, 4.69) is 10.6 Å². The SMILES string of the molecule is COc1ccc(CCNC(=O)NCC(C)(O)CCSC)cc1. The van der Waals surface area contributed by atoms with Crippen LogP contribution in [0.2, 0.25) is 0 Å². The van der Waals surface area contributed by atoms with Crippen LogP contribution in [-0.2, 0) is 6.42 Å². The summed E-state index contributed by atoms with van der Waals surface area (Å²) < 4.78 is 5.10. The standard InChI is InChI=1S/C16H26N2O3S/c1-16(20,9-11-22-3)12-18-15(19)17-10-8-13-4-6-14(21-2)7-5-13/h4-7,20H,8-12H2,1-3H3,(H2,17,18,19). The topological polar surface area (TPSA) is 70.6 Å². The molecule has 0 aromatic heterocycles. The maximum atomic E-state index is 11.7. The molecule has 1 unspecified atom stereocenters. The zero-order valence-electron chi connectivity index (χ0n) is 13.5. The zero-order chi connectivity index (χ0) is 16.4. The molecule has 0 spiro atoms. The smallest absolute Gasteiger partial charge is 0.314 e. The van der Waals surface area contributed by atoms with E-state index in [0.29, 0.717) is 13.0 Å². The van der Waals surface area contributed by atoms with Gasteiger partial charge in [-0.05, 0) is 49.5 Å². The average Bonchev–Trinajstić information content (AvgIpc) is 2.52. The van der Waals surface area contributed by atoms with Crippen molar-refractivity contribution >= 4 is 17.8 Å². The predicted octanol–water partition coefficient (Wildman–Crippen LogP) is 2.04. The van der Waals surface area contributed by atoms with E-state index in [1.54, 1.807) is 25.8 Å². The molecule has 0 radical (unpaired) electrons. The molecule has 0 saturated heterocycles. The van der Waals surface area contributed by atoms with Crippen molar-refractivity contribution in [2.24, 2.45) is 0 Å². The number of amides is 2. The number of methoxy groups -OCH3 is 1. The molecule has 0 aliphatic rings. The third-order valence-corrected chi connectivity index (χ3v) is 3.95. The minimum absolute atomic E-state index is 0.252. The Morgan fingerprint density at radius 1 is 1.32 bits per heavy atom. The lowest BCUT2D eigenvalue weighted by Crippen LogP contribution is -2.45. The minimum Gasteiger partial charge on any atom is -0.497 e. The van der Waals surface area contributed by atoms with Crippen LogP contribution in [-0.4, -0.2) is 48.9 Å². The maximum Gasteiger partial charge on any atom is 0.314 e. The largest absolute Gasteiger partial charge is 0.497 e. The van der Waals surface area contributed by atoms with Gasteiger partial charge in [0.15, 0.2) is 0 Å². The second kappa shape index (κ2) is 9.58. The lowest BCUT2D eigenvalue weighted by Gasteiger charge is -2.23. The third kappa shape index (κ3) is 7.56. The first kappa shape index (κ1) is 18.6. The number of carbonyl (C=O) groups excluding carboxylic acids is 1. The van der Waals surface area contributed by atoms with Gasteiger partial charge in [-0.25, -0.2) is 4.79 Å². The zero-order valence-corrected chi connectivity index (χ0v) is 14.3. The number of hydrogen-bond acceptors (Lipinski definition) is 4. The Morgan fingerprint density at radius 2 is 2.00 bits per heavy atom. The van der Waals surface area contributed by atoms with Crippen molar-refractivity contribution < 1.29 is 14.6 Å². The highest BCUT2D eigenvalue weighted by Crippen LogP contribution is 2.12. The Bertz CT molecular complexity index is 449. The van der Waals surface area contributed by atoms with Crippen molar-refractivity contribution in [2.45, 2.75) is 25.4 Å². The quantitative estimate of drug-likeness (QED) is 0.649. The first-order chi connectivity index (χ1) is 10.5. The van der Waals surface area contributed by atoms with Crippen LogP contribution in [0, 0.1) is 0 Å². The Kier molecular flexibility index (Phi) is 8.12. The first-order valence-electron chi connectivity index (χ1n) is 7.33. The van der Waals surface area contributed by atoms with E-state index >= 15 is 0 Å². The Hall–Kier alpha value is -1.40. The fraction of sp³-hybridized carbons (Fsp3) is 0.562. The number of hydrogen-bond donors (Lipinski definition) is 3.